The van der Waals surface area contributed by atoms with Crippen molar-refractivity contribution in [3.05, 3.63) is 17.7 Å². The molecule has 0 saturated carbocycles. The molecule has 1 aliphatic heterocycles. The highest BCUT2D eigenvalue weighted by molar-refractivity contribution is 5.72. The van der Waals surface area contributed by atoms with Crippen LogP contribution in [0.2, 0.25) is 0 Å². The molecule has 2 N–H and O–H groups in total. The molecule has 2 heterocycles. The predicted octanol–water partition coefficient (Wildman–Crippen LogP) is 0.787. The minimum absolute atomic E-state index is 0.00205. The number of aromatic nitrogens is 2. The van der Waals surface area contributed by atoms with Crippen molar-refractivity contribution >= 4 is 5.91 Å². The van der Waals surface area contributed by atoms with Crippen LogP contribution in [0.15, 0.2) is 6.33 Å². The zero-order valence-corrected chi connectivity index (χ0v) is 10.7. The molecule has 0 aromatic carbocycles. The molecule has 2 rings (SSSR count). The summed E-state index contributed by atoms with van der Waals surface area (Å²) in [7, 11) is 0. The Morgan fingerprint density at radius 1 is 1.71 bits per heavy atom. The normalized spacial score (nSPS) is 19.2. The van der Waals surface area contributed by atoms with E-state index in [0.29, 0.717) is 12.6 Å². The second-order valence-electron chi connectivity index (χ2n) is 4.77. The standard InChI is InChI=1S/C12H20N4O/c1-8(2)16-7-15-12-10(6-14-9(3)17)13-5-4-11(12)16/h7-8,10,13H,4-6H2,1-3H3,(H,14,17)/t10-/m1/s1. The summed E-state index contributed by atoms with van der Waals surface area (Å²) in [6.07, 6.45) is 2.91. The Morgan fingerprint density at radius 3 is 3.12 bits per heavy atom. The average Bonchev–Trinajstić information content (AvgIpc) is 2.70. The van der Waals surface area contributed by atoms with Crippen LogP contribution in [0.3, 0.4) is 0 Å². The van der Waals surface area contributed by atoms with Crippen LogP contribution in [0, 0.1) is 0 Å². The van der Waals surface area contributed by atoms with Gasteiger partial charge in [-0.1, -0.05) is 0 Å². The lowest BCUT2D eigenvalue weighted by Crippen LogP contribution is -2.38. The molecule has 1 amide bonds. The number of hydrogen-bond donors (Lipinski definition) is 2. The highest BCUT2D eigenvalue weighted by atomic mass is 16.1. The summed E-state index contributed by atoms with van der Waals surface area (Å²) in [5, 5.41) is 6.24. The quantitative estimate of drug-likeness (QED) is 0.815. The van der Waals surface area contributed by atoms with Crippen molar-refractivity contribution in [1.29, 1.82) is 0 Å². The van der Waals surface area contributed by atoms with Gasteiger partial charge in [-0.05, 0) is 13.8 Å². The van der Waals surface area contributed by atoms with Crippen molar-refractivity contribution in [2.75, 3.05) is 13.1 Å². The Morgan fingerprint density at radius 2 is 2.47 bits per heavy atom. The van der Waals surface area contributed by atoms with Crippen LogP contribution in [-0.4, -0.2) is 28.5 Å². The molecule has 5 heteroatoms. The van der Waals surface area contributed by atoms with Crippen LogP contribution in [0.1, 0.15) is 44.2 Å². The van der Waals surface area contributed by atoms with Gasteiger partial charge in [0.2, 0.25) is 5.91 Å². The van der Waals surface area contributed by atoms with E-state index in [1.165, 1.54) is 12.6 Å². The summed E-state index contributed by atoms with van der Waals surface area (Å²) < 4.78 is 2.22. The van der Waals surface area contributed by atoms with Gasteiger partial charge in [-0.25, -0.2) is 4.98 Å². The SMILES string of the molecule is CC(=O)NC[C@H]1NCCc2c1ncn2C(C)C. The fraction of sp³-hybridized carbons (Fsp3) is 0.667. The van der Waals surface area contributed by atoms with E-state index in [1.54, 1.807) is 0 Å². The van der Waals surface area contributed by atoms with E-state index in [0.717, 1.165) is 18.7 Å². The number of carbonyl (C=O) groups excluding carboxylic acids is 1. The molecular weight excluding hydrogens is 216 g/mol. The van der Waals surface area contributed by atoms with E-state index < -0.39 is 0 Å². The Balaban J connectivity index is 2.17. The number of rotatable bonds is 3. The fourth-order valence-electron chi connectivity index (χ4n) is 2.27. The molecular formula is C12H20N4O. The second-order valence-corrected chi connectivity index (χ2v) is 4.77. The van der Waals surface area contributed by atoms with Crippen LogP contribution in [0.5, 0.6) is 0 Å². The van der Waals surface area contributed by atoms with Crippen molar-refractivity contribution in [2.24, 2.45) is 0 Å². The summed E-state index contributed by atoms with van der Waals surface area (Å²) >= 11 is 0. The molecule has 0 saturated heterocycles. The molecule has 0 bridgehead atoms. The molecule has 0 aliphatic carbocycles. The Kier molecular flexibility index (Phi) is 3.47. The Labute approximate surface area is 102 Å². The molecule has 0 unspecified atom stereocenters. The first-order valence-electron chi connectivity index (χ1n) is 6.13. The predicted molar refractivity (Wildman–Crippen MR) is 65.7 cm³/mol. The Hall–Kier alpha value is -1.36. The number of hydrogen-bond acceptors (Lipinski definition) is 3. The minimum atomic E-state index is 0.00205. The summed E-state index contributed by atoms with van der Waals surface area (Å²) in [6.45, 7) is 7.41. The van der Waals surface area contributed by atoms with Crippen molar-refractivity contribution in [1.82, 2.24) is 20.2 Å². The number of nitrogens with one attached hydrogen (secondary N) is 2. The highest BCUT2D eigenvalue weighted by Crippen LogP contribution is 2.23. The molecule has 1 aromatic rings. The number of nitrogens with zero attached hydrogens (tertiary/aromatic N) is 2. The van der Waals surface area contributed by atoms with Gasteiger partial charge in [-0.3, -0.25) is 4.79 Å². The average molecular weight is 236 g/mol. The van der Waals surface area contributed by atoms with E-state index in [9.17, 15) is 4.79 Å². The molecule has 17 heavy (non-hydrogen) atoms. The van der Waals surface area contributed by atoms with E-state index in [-0.39, 0.29) is 11.9 Å². The first kappa shape index (κ1) is 12.1. The van der Waals surface area contributed by atoms with Gasteiger partial charge in [-0.15, -0.1) is 0 Å². The van der Waals surface area contributed by atoms with Gasteiger partial charge in [0.1, 0.15) is 0 Å². The lowest BCUT2D eigenvalue weighted by molar-refractivity contribution is -0.119. The third kappa shape index (κ3) is 2.49. The van der Waals surface area contributed by atoms with Gasteiger partial charge < -0.3 is 15.2 Å². The van der Waals surface area contributed by atoms with Gasteiger partial charge in [0.25, 0.3) is 0 Å². The molecule has 0 spiro atoms. The van der Waals surface area contributed by atoms with Gasteiger partial charge in [0.05, 0.1) is 18.1 Å². The van der Waals surface area contributed by atoms with E-state index >= 15 is 0 Å². The van der Waals surface area contributed by atoms with Gasteiger partial charge in [-0.2, -0.15) is 0 Å². The van der Waals surface area contributed by atoms with Gasteiger partial charge >= 0.3 is 0 Å². The van der Waals surface area contributed by atoms with Gasteiger partial charge in [0, 0.05) is 38.2 Å². The van der Waals surface area contributed by atoms with Crippen LogP contribution >= 0.6 is 0 Å². The summed E-state index contributed by atoms with van der Waals surface area (Å²) in [5.41, 5.74) is 2.38. The van der Waals surface area contributed by atoms with Gasteiger partial charge in [0.15, 0.2) is 0 Å². The lowest BCUT2D eigenvalue weighted by Gasteiger charge is -2.25. The monoisotopic (exact) mass is 236 g/mol. The Bertz CT molecular complexity index is 411. The maximum absolute atomic E-state index is 10.9. The summed E-state index contributed by atoms with van der Waals surface area (Å²) in [4.78, 5) is 15.4. The van der Waals surface area contributed by atoms with Crippen molar-refractivity contribution in [2.45, 2.75) is 39.3 Å². The minimum Gasteiger partial charge on any atom is -0.354 e. The van der Waals surface area contributed by atoms with Crippen LogP contribution in [-0.2, 0) is 11.2 Å². The second kappa shape index (κ2) is 4.87. The van der Waals surface area contributed by atoms with Crippen LogP contribution in [0.4, 0.5) is 0 Å². The van der Waals surface area contributed by atoms with Crippen molar-refractivity contribution in [3.8, 4) is 0 Å². The maximum atomic E-state index is 10.9. The molecule has 0 fully saturated rings. The fourth-order valence-corrected chi connectivity index (χ4v) is 2.27. The molecule has 1 aromatic heterocycles. The van der Waals surface area contributed by atoms with E-state index in [2.05, 4.69) is 34.0 Å². The topological polar surface area (TPSA) is 59.0 Å². The van der Waals surface area contributed by atoms with E-state index in [1.807, 2.05) is 6.33 Å². The lowest BCUT2D eigenvalue weighted by atomic mass is 10.0. The molecule has 1 aliphatic rings. The third-order valence-electron chi connectivity index (χ3n) is 3.12. The number of amides is 1. The molecule has 5 nitrogen and oxygen atoms in total. The number of imidazole rings is 1. The molecule has 0 radical (unpaired) electrons. The summed E-state index contributed by atoms with van der Waals surface area (Å²) in [6, 6.07) is 0.577. The van der Waals surface area contributed by atoms with E-state index in [4.69, 9.17) is 0 Å². The molecule has 1 atom stereocenters. The smallest absolute Gasteiger partial charge is 0.216 e. The first-order chi connectivity index (χ1) is 8.09. The number of carbonyl (C=O) groups is 1. The zero-order valence-electron chi connectivity index (χ0n) is 10.7. The van der Waals surface area contributed by atoms with Crippen molar-refractivity contribution < 1.29 is 4.79 Å². The maximum Gasteiger partial charge on any atom is 0.216 e. The third-order valence-corrected chi connectivity index (χ3v) is 3.12. The largest absolute Gasteiger partial charge is 0.354 e. The zero-order chi connectivity index (χ0) is 12.4. The first-order valence-corrected chi connectivity index (χ1v) is 6.13. The van der Waals surface area contributed by atoms with Crippen LogP contribution in [0.25, 0.3) is 0 Å². The van der Waals surface area contributed by atoms with Crippen LogP contribution < -0.4 is 10.6 Å². The highest BCUT2D eigenvalue weighted by Gasteiger charge is 2.24. The summed E-state index contributed by atoms with van der Waals surface area (Å²) in [5.74, 6) is 0.00205. The number of fused-ring (bicyclic) bond motifs is 1. The van der Waals surface area contributed by atoms with Crippen molar-refractivity contribution in [3.63, 3.8) is 0 Å². The molecule has 94 valence electrons.